The van der Waals surface area contributed by atoms with Crippen molar-refractivity contribution in [3.05, 3.63) is 42.0 Å². The first-order valence-electron chi connectivity index (χ1n) is 8.50. The number of nitrogens with zero attached hydrogens (tertiary/aromatic N) is 3. The summed E-state index contributed by atoms with van der Waals surface area (Å²) in [6.45, 7) is 5.86. The summed E-state index contributed by atoms with van der Waals surface area (Å²) in [4.78, 5) is 0.205. The van der Waals surface area contributed by atoms with Gasteiger partial charge in [0.2, 0.25) is 7.58 Å². The first kappa shape index (κ1) is 20.3. The number of hydrogen-bond acceptors (Lipinski definition) is 3. The van der Waals surface area contributed by atoms with Gasteiger partial charge in [0.25, 0.3) is 10.0 Å². The summed E-state index contributed by atoms with van der Waals surface area (Å²) >= 11 is 0. The number of rotatable bonds is 7. The SMILES string of the molecule is CCC/C=C/COP1(=NS(=O)(=O)c2ccc(C)cc2)N(C)CCN1C. The second kappa shape index (κ2) is 8.60. The van der Waals surface area contributed by atoms with E-state index in [0.29, 0.717) is 6.61 Å². The molecule has 25 heavy (non-hydrogen) atoms. The minimum absolute atomic E-state index is 0.205. The summed E-state index contributed by atoms with van der Waals surface area (Å²) in [5.41, 5.74) is 1.01. The predicted molar refractivity (Wildman–Crippen MR) is 103 cm³/mol. The van der Waals surface area contributed by atoms with Crippen LogP contribution in [0.1, 0.15) is 25.3 Å². The second-order valence-electron chi connectivity index (χ2n) is 6.20. The standard InChI is InChI=1S/C17H28N3O3PS/c1-5-6-7-8-15-23-24(19(3)13-14-20(24)4)18-25(21,22)17-11-9-16(2)10-12-17/h7-12H,5-6,13-15H2,1-4H3/b8-7+. The minimum atomic E-state index is -3.79. The number of aryl methyl sites for hydroxylation is 1. The second-order valence-corrected chi connectivity index (χ2v) is 10.9. The Labute approximate surface area is 151 Å². The van der Waals surface area contributed by atoms with E-state index < -0.39 is 17.6 Å². The van der Waals surface area contributed by atoms with Gasteiger partial charge in [0.15, 0.2) is 0 Å². The Hall–Kier alpha value is -0.980. The third-order valence-electron chi connectivity index (χ3n) is 4.14. The van der Waals surface area contributed by atoms with Crippen molar-refractivity contribution in [2.45, 2.75) is 31.6 Å². The van der Waals surface area contributed by atoms with Crippen molar-refractivity contribution >= 4 is 17.6 Å². The van der Waals surface area contributed by atoms with Gasteiger partial charge >= 0.3 is 0 Å². The fourth-order valence-corrected chi connectivity index (χ4v) is 7.61. The van der Waals surface area contributed by atoms with Gasteiger partial charge in [-0.25, -0.2) is 9.34 Å². The number of allylic oxidation sites excluding steroid dienone is 1. The van der Waals surface area contributed by atoms with Crippen molar-refractivity contribution in [2.75, 3.05) is 33.8 Å². The Morgan fingerprint density at radius 1 is 1.16 bits per heavy atom. The highest BCUT2D eigenvalue weighted by Crippen LogP contribution is 2.60. The number of hydrogen-bond donors (Lipinski definition) is 0. The van der Waals surface area contributed by atoms with Crippen molar-refractivity contribution in [3.63, 3.8) is 0 Å². The molecule has 0 unspecified atom stereocenters. The molecule has 1 aromatic rings. The predicted octanol–water partition coefficient (Wildman–Crippen LogP) is 3.88. The Kier molecular flexibility index (Phi) is 7.00. The van der Waals surface area contributed by atoms with Gasteiger partial charge in [-0.1, -0.05) is 43.2 Å². The largest absolute Gasteiger partial charge is 0.316 e. The first-order valence-corrected chi connectivity index (χ1v) is 11.5. The van der Waals surface area contributed by atoms with Gasteiger partial charge in [0.05, 0.1) is 11.5 Å². The molecule has 6 nitrogen and oxygen atoms in total. The Morgan fingerprint density at radius 3 is 2.32 bits per heavy atom. The lowest BCUT2D eigenvalue weighted by molar-refractivity contribution is 0.340. The average molecular weight is 385 g/mol. The molecule has 140 valence electrons. The molecule has 0 atom stereocenters. The van der Waals surface area contributed by atoms with Gasteiger partial charge in [-0.3, -0.25) is 0 Å². The van der Waals surface area contributed by atoms with Crippen molar-refractivity contribution in [1.29, 1.82) is 0 Å². The van der Waals surface area contributed by atoms with Crippen molar-refractivity contribution in [1.82, 2.24) is 9.34 Å². The molecule has 0 spiro atoms. The van der Waals surface area contributed by atoms with E-state index in [0.717, 1.165) is 31.5 Å². The Bertz CT molecular complexity index is 746. The molecule has 1 aromatic carbocycles. The molecule has 0 N–H and O–H groups in total. The molecule has 0 aromatic heterocycles. The van der Waals surface area contributed by atoms with E-state index in [1.807, 2.05) is 36.4 Å². The maximum atomic E-state index is 12.8. The number of benzene rings is 1. The number of unbranched alkanes of at least 4 members (excludes halogenated alkanes) is 1. The summed E-state index contributed by atoms with van der Waals surface area (Å²) in [6.07, 6.45) is 6.06. The summed E-state index contributed by atoms with van der Waals surface area (Å²) in [6, 6.07) is 6.76. The topological polar surface area (TPSA) is 62.2 Å². The molecule has 0 bridgehead atoms. The van der Waals surface area contributed by atoms with Crippen molar-refractivity contribution in [3.8, 4) is 0 Å². The van der Waals surface area contributed by atoms with E-state index in [2.05, 4.69) is 17.2 Å². The van der Waals surface area contributed by atoms with Crippen LogP contribution in [0.3, 0.4) is 0 Å². The highest BCUT2D eigenvalue weighted by molar-refractivity contribution is 7.93. The van der Waals surface area contributed by atoms with Crippen LogP contribution in [-0.4, -0.2) is 51.6 Å². The van der Waals surface area contributed by atoms with Crippen molar-refractivity contribution < 1.29 is 12.9 Å². The average Bonchev–Trinajstić information content (AvgIpc) is 2.83. The van der Waals surface area contributed by atoms with E-state index in [1.165, 1.54) is 0 Å². The van der Waals surface area contributed by atoms with Crippen LogP contribution < -0.4 is 0 Å². The van der Waals surface area contributed by atoms with Crippen LogP contribution in [0.5, 0.6) is 0 Å². The smallest absolute Gasteiger partial charge is 0.285 e. The summed E-state index contributed by atoms with van der Waals surface area (Å²) in [7, 11) is -2.76. The lowest BCUT2D eigenvalue weighted by Crippen LogP contribution is -2.17. The lowest BCUT2D eigenvalue weighted by atomic mass is 10.2. The van der Waals surface area contributed by atoms with Crippen LogP contribution in [0.2, 0.25) is 0 Å². The van der Waals surface area contributed by atoms with Crippen LogP contribution in [0.4, 0.5) is 0 Å². The maximum Gasteiger partial charge on any atom is 0.285 e. The van der Waals surface area contributed by atoms with Gasteiger partial charge in [-0.15, -0.1) is 4.15 Å². The summed E-state index contributed by atoms with van der Waals surface area (Å²) in [5, 5.41) is 0. The third kappa shape index (κ3) is 4.80. The molecule has 8 heteroatoms. The highest BCUT2D eigenvalue weighted by atomic mass is 32.2. The fraction of sp³-hybridized carbons (Fsp3) is 0.529. The lowest BCUT2D eigenvalue weighted by Gasteiger charge is -2.29. The van der Waals surface area contributed by atoms with E-state index >= 15 is 0 Å². The summed E-state index contributed by atoms with van der Waals surface area (Å²) in [5.74, 6) is 0. The highest BCUT2D eigenvalue weighted by Gasteiger charge is 2.39. The molecule has 1 aliphatic heterocycles. The van der Waals surface area contributed by atoms with Gasteiger partial charge in [0, 0.05) is 13.1 Å². The molecular formula is C17H28N3O3PS. The van der Waals surface area contributed by atoms with Gasteiger partial charge in [-0.2, -0.15) is 8.42 Å². The Balaban J connectivity index is 2.37. The third-order valence-corrected chi connectivity index (χ3v) is 9.39. The zero-order valence-corrected chi connectivity index (χ0v) is 17.1. The van der Waals surface area contributed by atoms with Crippen LogP contribution in [-0.2, 0) is 14.5 Å². The van der Waals surface area contributed by atoms with Crippen LogP contribution >= 0.6 is 7.58 Å². The molecule has 1 saturated heterocycles. The quantitative estimate of drug-likeness (QED) is 0.526. The van der Waals surface area contributed by atoms with E-state index in [1.54, 1.807) is 24.3 Å². The zero-order valence-electron chi connectivity index (χ0n) is 15.4. The molecule has 0 amide bonds. The minimum Gasteiger partial charge on any atom is -0.316 e. The van der Waals surface area contributed by atoms with Gasteiger partial charge in [0.1, 0.15) is 0 Å². The summed E-state index contributed by atoms with van der Waals surface area (Å²) < 4.78 is 39.9. The maximum absolute atomic E-state index is 12.8. The van der Waals surface area contributed by atoms with Crippen molar-refractivity contribution in [2.24, 2.45) is 4.15 Å². The molecule has 1 fully saturated rings. The van der Waals surface area contributed by atoms with E-state index in [-0.39, 0.29) is 4.90 Å². The molecule has 0 saturated carbocycles. The first-order chi connectivity index (χ1) is 11.8. The molecule has 1 heterocycles. The number of sulfonamides is 1. The fourth-order valence-electron chi connectivity index (χ4n) is 2.55. The molecule has 0 aliphatic carbocycles. The van der Waals surface area contributed by atoms with Crippen LogP contribution in [0.25, 0.3) is 0 Å². The molecular weight excluding hydrogens is 357 g/mol. The number of likely N-dealkylation sites (N-methyl/N-ethyl adjacent to an activating group) is 2. The van der Waals surface area contributed by atoms with E-state index in [9.17, 15) is 8.42 Å². The van der Waals surface area contributed by atoms with Crippen LogP contribution in [0, 0.1) is 6.92 Å². The molecule has 1 aliphatic rings. The van der Waals surface area contributed by atoms with Gasteiger partial charge < -0.3 is 4.52 Å². The molecule has 2 rings (SSSR count). The van der Waals surface area contributed by atoms with Gasteiger partial charge in [-0.05, 0) is 39.6 Å². The zero-order chi connectivity index (χ0) is 18.5. The molecule has 0 radical (unpaired) electrons. The monoisotopic (exact) mass is 385 g/mol. The van der Waals surface area contributed by atoms with Crippen LogP contribution in [0.15, 0.2) is 45.5 Å². The Morgan fingerprint density at radius 2 is 1.76 bits per heavy atom. The van der Waals surface area contributed by atoms with E-state index in [4.69, 9.17) is 4.52 Å². The normalized spacial score (nSPS) is 18.9.